The SMILES string of the molecule is CCCNc1cc(NC(CC)CC2CC2)nc(C(C)C)n1. The second-order valence-corrected chi connectivity index (χ2v) is 6.51. The third-order valence-corrected chi connectivity index (χ3v) is 3.98. The van der Waals surface area contributed by atoms with Crippen LogP contribution in [0.15, 0.2) is 6.07 Å². The lowest BCUT2D eigenvalue weighted by Crippen LogP contribution is -2.21. The monoisotopic (exact) mass is 290 g/mol. The Morgan fingerprint density at radius 2 is 1.90 bits per heavy atom. The van der Waals surface area contributed by atoms with Crippen molar-refractivity contribution >= 4 is 11.6 Å². The average Bonchev–Trinajstić information content (AvgIpc) is 3.28. The van der Waals surface area contributed by atoms with E-state index in [4.69, 9.17) is 4.98 Å². The fourth-order valence-corrected chi connectivity index (χ4v) is 2.43. The van der Waals surface area contributed by atoms with Gasteiger partial charge >= 0.3 is 0 Å². The van der Waals surface area contributed by atoms with Crippen LogP contribution < -0.4 is 10.6 Å². The van der Waals surface area contributed by atoms with Crippen molar-refractivity contribution in [3.8, 4) is 0 Å². The van der Waals surface area contributed by atoms with Crippen LogP contribution in [0.2, 0.25) is 0 Å². The van der Waals surface area contributed by atoms with Crippen molar-refractivity contribution in [2.45, 2.75) is 71.8 Å². The summed E-state index contributed by atoms with van der Waals surface area (Å²) >= 11 is 0. The Labute approximate surface area is 129 Å². The second kappa shape index (κ2) is 7.62. The maximum Gasteiger partial charge on any atom is 0.135 e. The minimum Gasteiger partial charge on any atom is -0.370 e. The zero-order valence-corrected chi connectivity index (χ0v) is 13.9. The Kier molecular flexibility index (Phi) is 5.83. The van der Waals surface area contributed by atoms with Crippen molar-refractivity contribution in [2.24, 2.45) is 5.92 Å². The average molecular weight is 290 g/mol. The molecular formula is C17H30N4. The van der Waals surface area contributed by atoms with E-state index < -0.39 is 0 Å². The molecule has 4 heteroatoms. The van der Waals surface area contributed by atoms with Gasteiger partial charge in [-0.1, -0.05) is 40.5 Å². The van der Waals surface area contributed by atoms with Crippen molar-refractivity contribution in [1.82, 2.24) is 9.97 Å². The normalized spacial score (nSPS) is 16.0. The van der Waals surface area contributed by atoms with Gasteiger partial charge in [0.25, 0.3) is 0 Å². The van der Waals surface area contributed by atoms with Crippen molar-refractivity contribution < 1.29 is 0 Å². The van der Waals surface area contributed by atoms with Crippen LogP contribution in [0.5, 0.6) is 0 Å². The van der Waals surface area contributed by atoms with Gasteiger partial charge in [0.2, 0.25) is 0 Å². The highest BCUT2D eigenvalue weighted by Crippen LogP contribution is 2.34. The Morgan fingerprint density at radius 1 is 1.19 bits per heavy atom. The van der Waals surface area contributed by atoms with E-state index in [1.807, 2.05) is 0 Å². The van der Waals surface area contributed by atoms with Gasteiger partial charge in [0.15, 0.2) is 0 Å². The molecule has 1 unspecified atom stereocenters. The number of rotatable bonds is 9. The topological polar surface area (TPSA) is 49.8 Å². The van der Waals surface area contributed by atoms with Crippen molar-refractivity contribution in [1.29, 1.82) is 0 Å². The van der Waals surface area contributed by atoms with Gasteiger partial charge in [-0.15, -0.1) is 0 Å². The predicted molar refractivity (Wildman–Crippen MR) is 89.9 cm³/mol. The maximum absolute atomic E-state index is 4.69. The molecule has 0 aromatic carbocycles. The van der Waals surface area contributed by atoms with Crippen molar-refractivity contribution in [3.63, 3.8) is 0 Å². The van der Waals surface area contributed by atoms with Crippen LogP contribution in [-0.4, -0.2) is 22.6 Å². The molecule has 1 aliphatic rings. The minimum absolute atomic E-state index is 0.345. The van der Waals surface area contributed by atoms with E-state index in [2.05, 4.69) is 49.4 Å². The van der Waals surface area contributed by atoms with Gasteiger partial charge in [-0.3, -0.25) is 0 Å². The second-order valence-electron chi connectivity index (χ2n) is 6.51. The maximum atomic E-state index is 4.69. The molecule has 2 rings (SSSR count). The van der Waals surface area contributed by atoms with E-state index in [9.17, 15) is 0 Å². The number of nitrogens with one attached hydrogen (secondary N) is 2. The molecule has 118 valence electrons. The molecule has 1 saturated carbocycles. The summed E-state index contributed by atoms with van der Waals surface area (Å²) in [5.74, 6) is 4.11. The first kappa shape index (κ1) is 16.1. The summed E-state index contributed by atoms with van der Waals surface area (Å²) in [6.45, 7) is 9.65. The number of aromatic nitrogens is 2. The van der Waals surface area contributed by atoms with E-state index in [1.54, 1.807) is 0 Å². The molecular weight excluding hydrogens is 260 g/mol. The van der Waals surface area contributed by atoms with E-state index in [0.717, 1.165) is 42.8 Å². The number of anilines is 2. The summed E-state index contributed by atoms with van der Waals surface area (Å²) in [6.07, 6.45) is 6.33. The number of nitrogens with zero attached hydrogens (tertiary/aromatic N) is 2. The van der Waals surface area contributed by atoms with Gasteiger partial charge in [0.1, 0.15) is 17.5 Å². The molecule has 1 heterocycles. The van der Waals surface area contributed by atoms with Crippen molar-refractivity contribution in [3.05, 3.63) is 11.9 Å². The highest BCUT2D eigenvalue weighted by atomic mass is 15.1. The Hall–Kier alpha value is -1.32. The molecule has 1 aliphatic carbocycles. The summed E-state index contributed by atoms with van der Waals surface area (Å²) in [6, 6.07) is 2.59. The Morgan fingerprint density at radius 3 is 2.48 bits per heavy atom. The fraction of sp³-hybridized carbons (Fsp3) is 0.765. The summed E-state index contributed by atoms with van der Waals surface area (Å²) in [7, 11) is 0. The molecule has 1 aromatic rings. The lowest BCUT2D eigenvalue weighted by molar-refractivity contribution is 0.584. The zero-order chi connectivity index (χ0) is 15.2. The van der Waals surface area contributed by atoms with Crippen LogP contribution in [0.1, 0.15) is 71.5 Å². The summed E-state index contributed by atoms with van der Waals surface area (Å²) < 4.78 is 0. The molecule has 4 nitrogen and oxygen atoms in total. The third-order valence-electron chi connectivity index (χ3n) is 3.98. The molecule has 0 bridgehead atoms. The van der Waals surface area contributed by atoms with Gasteiger partial charge in [-0.05, 0) is 25.2 Å². The first-order chi connectivity index (χ1) is 10.1. The van der Waals surface area contributed by atoms with Gasteiger partial charge in [-0.25, -0.2) is 9.97 Å². The molecule has 1 fully saturated rings. The largest absolute Gasteiger partial charge is 0.370 e. The molecule has 1 aromatic heterocycles. The van der Waals surface area contributed by atoms with Gasteiger partial charge in [0, 0.05) is 24.6 Å². The highest BCUT2D eigenvalue weighted by Gasteiger charge is 2.25. The van der Waals surface area contributed by atoms with Gasteiger partial charge in [-0.2, -0.15) is 0 Å². The fourth-order valence-electron chi connectivity index (χ4n) is 2.43. The van der Waals surface area contributed by atoms with E-state index >= 15 is 0 Å². The molecule has 0 spiro atoms. The summed E-state index contributed by atoms with van der Waals surface area (Å²) in [4.78, 5) is 9.31. The molecule has 1 atom stereocenters. The van der Waals surface area contributed by atoms with Crippen molar-refractivity contribution in [2.75, 3.05) is 17.2 Å². The third kappa shape index (κ3) is 5.18. The quantitative estimate of drug-likeness (QED) is 0.707. The Balaban J connectivity index is 2.09. The van der Waals surface area contributed by atoms with Crippen LogP contribution in [0, 0.1) is 5.92 Å². The van der Waals surface area contributed by atoms with Gasteiger partial charge in [0.05, 0.1) is 0 Å². The molecule has 0 amide bonds. The predicted octanol–water partition coefficient (Wildman–Crippen LogP) is 4.41. The van der Waals surface area contributed by atoms with E-state index in [0.29, 0.717) is 12.0 Å². The minimum atomic E-state index is 0.345. The molecule has 0 aliphatic heterocycles. The van der Waals surface area contributed by atoms with Crippen LogP contribution in [0.25, 0.3) is 0 Å². The molecule has 2 N–H and O–H groups in total. The first-order valence-electron chi connectivity index (χ1n) is 8.51. The molecule has 0 radical (unpaired) electrons. The summed E-state index contributed by atoms with van der Waals surface area (Å²) in [5.41, 5.74) is 0. The van der Waals surface area contributed by atoms with Crippen LogP contribution >= 0.6 is 0 Å². The Bertz CT molecular complexity index is 440. The van der Waals surface area contributed by atoms with E-state index in [1.165, 1.54) is 19.3 Å². The summed E-state index contributed by atoms with van der Waals surface area (Å²) in [5, 5.41) is 7.00. The van der Waals surface area contributed by atoms with Gasteiger partial charge < -0.3 is 10.6 Å². The van der Waals surface area contributed by atoms with Crippen LogP contribution in [0.4, 0.5) is 11.6 Å². The molecule has 21 heavy (non-hydrogen) atoms. The highest BCUT2D eigenvalue weighted by molar-refractivity contribution is 5.48. The van der Waals surface area contributed by atoms with E-state index in [-0.39, 0.29) is 0 Å². The number of hydrogen-bond acceptors (Lipinski definition) is 4. The van der Waals surface area contributed by atoms with Crippen LogP contribution in [0.3, 0.4) is 0 Å². The molecule has 0 saturated heterocycles. The first-order valence-corrected chi connectivity index (χ1v) is 8.51. The van der Waals surface area contributed by atoms with Crippen LogP contribution in [-0.2, 0) is 0 Å². The smallest absolute Gasteiger partial charge is 0.135 e. The number of hydrogen-bond donors (Lipinski definition) is 2. The zero-order valence-electron chi connectivity index (χ0n) is 13.9. The lowest BCUT2D eigenvalue weighted by atomic mass is 10.1. The lowest BCUT2D eigenvalue weighted by Gasteiger charge is -2.19. The standard InChI is InChI=1S/C17H30N4/c1-5-9-18-15-11-16(21-17(20-15)12(3)4)19-14(6-2)10-13-7-8-13/h11-14H,5-10H2,1-4H3,(H2,18,19,20,21).